The van der Waals surface area contributed by atoms with E-state index in [4.69, 9.17) is 16.2 Å². The highest BCUT2D eigenvalue weighted by molar-refractivity contribution is 5.94. The van der Waals surface area contributed by atoms with E-state index in [0.717, 1.165) is 25.3 Å². The molecule has 1 aromatic carbocycles. The number of nitrogens with two attached hydrogens (primary N) is 2. The van der Waals surface area contributed by atoms with Gasteiger partial charge in [-0.1, -0.05) is 0 Å². The van der Waals surface area contributed by atoms with Crippen LogP contribution in [-0.4, -0.2) is 25.7 Å². The number of hydrogen-bond donors (Lipinski definition) is 3. The van der Waals surface area contributed by atoms with Crippen LogP contribution in [0.1, 0.15) is 23.7 Å². The average molecular weight is 237 g/mol. The quantitative estimate of drug-likeness (QED) is 0.491. The van der Waals surface area contributed by atoms with Crippen LogP contribution in [0, 0.1) is 0 Å². The van der Waals surface area contributed by atoms with Crippen molar-refractivity contribution in [2.75, 3.05) is 30.8 Å². The fraction of sp³-hybridized carbons (Fsp3) is 0.417. The lowest BCUT2D eigenvalue weighted by Gasteiger charge is -2.10. The van der Waals surface area contributed by atoms with Crippen molar-refractivity contribution >= 4 is 17.3 Å². The topological polar surface area (TPSA) is 90.4 Å². The summed E-state index contributed by atoms with van der Waals surface area (Å²) in [5, 5.41) is 3.15. The van der Waals surface area contributed by atoms with Gasteiger partial charge in [-0.3, -0.25) is 4.79 Å². The van der Waals surface area contributed by atoms with Crippen molar-refractivity contribution in [1.29, 1.82) is 0 Å². The Balaban J connectivity index is 2.51. The van der Waals surface area contributed by atoms with Gasteiger partial charge >= 0.3 is 0 Å². The first-order valence-electron chi connectivity index (χ1n) is 5.66. The van der Waals surface area contributed by atoms with E-state index in [1.165, 1.54) is 0 Å². The molecule has 0 aliphatic rings. The van der Waals surface area contributed by atoms with Gasteiger partial charge in [0, 0.05) is 25.3 Å². The maximum Gasteiger partial charge on any atom is 0.248 e. The van der Waals surface area contributed by atoms with E-state index in [0.29, 0.717) is 17.9 Å². The van der Waals surface area contributed by atoms with Gasteiger partial charge in [-0.2, -0.15) is 0 Å². The molecule has 0 aliphatic heterocycles. The van der Waals surface area contributed by atoms with Crippen LogP contribution in [0.5, 0.6) is 0 Å². The molecule has 0 aromatic heterocycles. The van der Waals surface area contributed by atoms with Crippen LogP contribution in [-0.2, 0) is 4.74 Å². The standard InChI is InChI=1S/C12H19N3O2/c1-2-17-7-3-6-15-11-8-9(12(14)16)4-5-10(11)13/h4-5,8,15H,2-3,6-7,13H2,1H3,(H2,14,16). The van der Waals surface area contributed by atoms with Gasteiger partial charge in [0.15, 0.2) is 0 Å². The lowest BCUT2D eigenvalue weighted by atomic mass is 10.1. The highest BCUT2D eigenvalue weighted by Crippen LogP contribution is 2.19. The minimum absolute atomic E-state index is 0.450. The number of carbonyl (C=O) groups is 1. The zero-order valence-electron chi connectivity index (χ0n) is 10.0. The Bertz CT molecular complexity index is 380. The number of hydrogen-bond acceptors (Lipinski definition) is 4. The summed E-state index contributed by atoms with van der Waals surface area (Å²) < 4.78 is 5.22. The van der Waals surface area contributed by atoms with Gasteiger partial charge in [0.25, 0.3) is 0 Å². The summed E-state index contributed by atoms with van der Waals surface area (Å²) in [6, 6.07) is 4.95. The van der Waals surface area contributed by atoms with Gasteiger partial charge in [-0.05, 0) is 31.5 Å². The van der Waals surface area contributed by atoms with Crippen LogP contribution in [0.2, 0.25) is 0 Å². The van der Waals surface area contributed by atoms with Crippen molar-refractivity contribution in [3.63, 3.8) is 0 Å². The Morgan fingerprint density at radius 2 is 2.24 bits per heavy atom. The highest BCUT2D eigenvalue weighted by Gasteiger charge is 2.04. The average Bonchev–Trinajstić information content (AvgIpc) is 2.30. The molecule has 5 heteroatoms. The second-order valence-electron chi connectivity index (χ2n) is 3.64. The van der Waals surface area contributed by atoms with Gasteiger partial charge in [-0.15, -0.1) is 0 Å². The first-order valence-corrected chi connectivity index (χ1v) is 5.66. The predicted octanol–water partition coefficient (Wildman–Crippen LogP) is 1.21. The third kappa shape index (κ3) is 4.32. The molecule has 1 rings (SSSR count). The van der Waals surface area contributed by atoms with Gasteiger partial charge in [0.1, 0.15) is 0 Å². The minimum Gasteiger partial charge on any atom is -0.397 e. The number of carbonyl (C=O) groups excluding carboxylic acids is 1. The minimum atomic E-state index is -0.456. The molecule has 0 fully saturated rings. The van der Waals surface area contributed by atoms with Crippen LogP contribution < -0.4 is 16.8 Å². The molecule has 5 N–H and O–H groups in total. The summed E-state index contributed by atoms with van der Waals surface area (Å²) >= 11 is 0. The number of nitrogens with one attached hydrogen (secondary N) is 1. The van der Waals surface area contributed by atoms with Crippen molar-refractivity contribution in [2.24, 2.45) is 5.73 Å². The first-order chi connectivity index (χ1) is 8.15. The molecule has 0 spiro atoms. The van der Waals surface area contributed by atoms with Gasteiger partial charge < -0.3 is 21.5 Å². The van der Waals surface area contributed by atoms with E-state index in [9.17, 15) is 4.79 Å². The SMILES string of the molecule is CCOCCCNc1cc(C(N)=O)ccc1N. The lowest BCUT2D eigenvalue weighted by molar-refractivity contribution is 0.100. The van der Waals surface area contributed by atoms with E-state index in [-0.39, 0.29) is 0 Å². The molecule has 1 amide bonds. The second kappa shape index (κ2) is 6.75. The highest BCUT2D eigenvalue weighted by atomic mass is 16.5. The summed E-state index contributed by atoms with van der Waals surface area (Å²) in [5.74, 6) is -0.456. The van der Waals surface area contributed by atoms with Gasteiger partial charge in [-0.25, -0.2) is 0 Å². The largest absolute Gasteiger partial charge is 0.397 e. The maximum absolute atomic E-state index is 11.0. The van der Waals surface area contributed by atoms with Crippen LogP contribution in [0.15, 0.2) is 18.2 Å². The Morgan fingerprint density at radius 3 is 2.88 bits per heavy atom. The Kier molecular flexibility index (Phi) is 5.29. The summed E-state index contributed by atoms with van der Waals surface area (Å²) in [6.45, 7) is 4.13. The van der Waals surface area contributed by atoms with E-state index in [1.807, 2.05) is 6.92 Å². The van der Waals surface area contributed by atoms with E-state index in [1.54, 1.807) is 18.2 Å². The zero-order chi connectivity index (χ0) is 12.7. The molecule has 0 bridgehead atoms. The predicted molar refractivity (Wildman–Crippen MR) is 69.0 cm³/mol. The Labute approximate surface area is 101 Å². The van der Waals surface area contributed by atoms with Crippen molar-refractivity contribution in [3.05, 3.63) is 23.8 Å². The second-order valence-corrected chi connectivity index (χ2v) is 3.64. The summed E-state index contributed by atoms with van der Waals surface area (Å²) in [7, 11) is 0. The van der Waals surface area contributed by atoms with Crippen LogP contribution in [0.3, 0.4) is 0 Å². The van der Waals surface area contributed by atoms with Gasteiger partial charge in [0.2, 0.25) is 5.91 Å². The molecule has 0 atom stereocenters. The summed E-state index contributed by atoms with van der Waals surface area (Å²) in [4.78, 5) is 11.0. The van der Waals surface area contributed by atoms with Crippen LogP contribution in [0.4, 0.5) is 11.4 Å². The monoisotopic (exact) mass is 237 g/mol. The molecular weight excluding hydrogens is 218 g/mol. The molecule has 0 radical (unpaired) electrons. The molecular formula is C12H19N3O2. The Morgan fingerprint density at radius 1 is 1.47 bits per heavy atom. The first kappa shape index (κ1) is 13.3. The smallest absolute Gasteiger partial charge is 0.248 e. The third-order valence-electron chi connectivity index (χ3n) is 2.32. The third-order valence-corrected chi connectivity index (χ3v) is 2.32. The molecule has 0 saturated carbocycles. The molecule has 0 unspecified atom stereocenters. The number of ether oxygens (including phenoxy) is 1. The molecule has 0 heterocycles. The van der Waals surface area contributed by atoms with E-state index < -0.39 is 5.91 Å². The Hall–Kier alpha value is -1.75. The molecule has 0 aliphatic carbocycles. The number of rotatable bonds is 7. The number of primary amides is 1. The van der Waals surface area contributed by atoms with Crippen molar-refractivity contribution < 1.29 is 9.53 Å². The van der Waals surface area contributed by atoms with Crippen LogP contribution >= 0.6 is 0 Å². The molecule has 0 saturated heterocycles. The normalized spacial score (nSPS) is 10.2. The fourth-order valence-corrected chi connectivity index (χ4v) is 1.40. The number of nitrogen functional groups attached to an aromatic ring is 1. The van der Waals surface area contributed by atoms with Crippen molar-refractivity contribution in [2.45, 2.75) is 13.3 Å². The zero-order valence-corrected chi connectivity index (χ0v) is 10.0. The molecule has 1 aromatic rings. The number of amides is 1. The maximum atomic E-state index is 11.0. The van der Waals surface area contributed by atoms with Crippen LogP contribution in [0.25, 0.3) is 0 Å². The van der Waals surface area contributed by atoms with Crippen molar-refractivity contribution in [1.82, 2.24) is 0 Å². The van der Waals surface area contributed by atoms with E-state index >= 15 is 0 Å². The molecule has 17 heavy (non-hydrogen) atoms. The lowest BCUT2D eigenvalue weighted by Crippen LogP contribution is -2.13. The molecule has 94 valence electrons. The number of anilines is 2. The summed E-state index contributed by atoms with van der Waals surface area (Å²) in [6.07, 6.45) is 0.883. The fourth-order valence-electron chi connectivity index (χ4n) is 1.40. The summed E-state index contributed by atoms with van der Waals surface area (Å²) in [5.41, 5.74) is 12.8. The van der Waals surface area contributed by atoms with E-state index in [2.05, 4.69) is 5.32 Å². The number of benzene rings is 1. The molecule has 5 nitrogen and oxygen atoms in total. The van der Waals surface area contributed by atoms with Crippen molar-refractivity contribution in [3.8, 4) is 0 Å². The van der Waals surface area contributed by atoms with Gasteiger partial charge in [0.05, 0.1) is 11.4 Å².